The van der Waals surface area contributed by atoms with E-state index in [0.29, 0.717) is 0 Å². The van der Waals surface area contributed by atoms with Gasteiger partial charge in [0.1, 0.15) is 5.75 Å². The molecular formula is C13H18N4O. The van der Waals surface area contributed by atoms with Gasteiger partial charge in [0, 0.05) is 0 Å². The maximum absolute atomic E-state index is 6.08. The first-order valence-corrected chi connectivity index (χ1v) is 6.07. The van der Waals surface area contributed by atoms with Crippen LogP contribution in [0.15, 0.2) is 18.3 Å². The Kier molecular flexibility index (Phi) is 3.50. The van der Waals surface area contributed by atoms with Gasteiger partial charge < -0.3 is 10.5 Å². The molecule has 0 fully saturated rings. The van der Waals surface area contributed by atoms with E-state index in [9.17, 15) is 0 Å². The van der Waals surface area contributed by atoms with Crippen molar-refractivity contribution in [3.8, 4) is 11.6 Å². The molecule has 0 aliphatic carbocycles. The highest BCUT2D eigenvalue weighted by atomic mass is 16.5. The van der Waals surface area contributed by atoms with Gasteiger partial charge >= 0.3 is 0 Å². The molecule has 96 valence electrons. The lowest BCUT2D eigenvalue weighted by atomic mass is 10.2. The molecule has 0 unspecified atom stereocenters. The van der Waals surface area contributed by atoms with Gasteiger partial charge in [-0.3, -0.25) is 0 Å². The van der Waals surface area contributed by atoms with Gasteiger partial charge in [0.05, 0.1) is 30.4 Å². The van der Waals surface area contributed by atoms with E-state index in [1.807, 2.05) is 23.7 Å². The van der Waals surface area contributed by atoms with E-state index in [-0.39, 0.29) is 0 Å². The minimum Gasteiger partial charge on any atom is -0.495 e. The van der Waals surface area contributed by atoms with E-state index < -0.39 is 0 Å². The van der Waals surface area contributed by atoms with Gasteiger partial charge in [-0.2, -0.15) is 5.10 Å². The first-order chi connectivity index (χ1) is 8.71. The molecular weight excluding hydrogens is 228 g/mol. The summed E-state index contributed by atoms with van der Waals surface area (Å²) in [5.41, 5.74) is 8.78. The molecule has 5 nitrogen and oxygen atoms in total. The fourth-order valence-corrected chi connectivity index (χ4v) is 1.92. The summed E-state index contributed by atoms with van der Waals surface area (Å²) in [6, 6.07) is 3.75. The number of aromatic nitrogens is 3. The zero-order chi connectivity index (χ0) is 13.1. The van der Waals surface area contributed by atoms with Crippen LogP contribution in [-0.2, 0) is 12.8 Å². The number of nitrogens with zero attached hydrogens (tertiary/aromatic N) is 3. The lowest BCUT2D eigenvalue weighted by Gasteiger charge is -2.06. The van der Waals surface area contributed by atoms with E-state index in [1.165, 1.54) is 0 Å². The second kappa shape index (κ2) is 5.08. The summed E-state index contributed by atoms with van der Waals surface area (Å²) in [5.74, 6) is 1.49. The molecule has 0 saturated carbocycles. The van der Waals surface area contributed by atoms with Gasteiger partial charge in [-0.1, -0.05) is 13.8 Å². The molecule has 0 saturated heterocycles. The monoisotopic (exact) mass is 246 g/mol. The van der Waals surface area contributed by atoms with Crippen molar-refractivity contribution >= 4 is 5.69 Å². The summed E-state index contributed by atoms with van der Waals surface area (Å²) in [7, 11) is 1.62. The van der Waals surface area contributed by atoms with Gasteiger partial charge in [-0.15, -0.1) is 0 Å². The average molecular weight is 246 g/mol. The van der Waals surface area contributed by atoms with Crippen molar-refractivity contribution in [3.05, 3.63) is 29.7 Å². The zero-order valence-electron chi connectivity index (χ0n) is 11.0. The van der Waals surface area contributed by atoms with Crippen LogP contribution in [0.2, 0.25) is 0 Å². The third-order valence-corrected chi connectivity index (χ3v) is 2.94. The maximum Gasteiger partial charge on any atom is 0.153 e. The molecule has 2 N–H and O–H groups in total. The SMILES string of the molecule is CCc1nn(-c2ccc(OC)cn2)c(CC)c1N. The number of hydrogen-bond donors (Lipinski definition) is 1. The molecule has 0 aliphatic rings. The molecule has 2 aromatic rings. The first-order valence-electron chi connectivity index (χ1n) is 6.07. The first kappa shape index (κ1) is 12.4. The number of hydrogen-bond acceptors (Lipinski definition) is 4. The zero-order valence-corrected chi connectivity index (χ0v) is 11.0. The fraction of sp³-hybridized carbons (Fsp3) is 0.385. The van der Waals surface area contributed by atoms with Crippen LogP contribution < -0.4 is 10.5 Å². The number of aryl methyl sites for hydroxylation is 1. The quantitative estimate of drug-likeness (QED) is 0.895. The van der Waals surface area contributed by atoms with Crippen molar-refractivity contribution in [2.75, 3.05) is 12.8 Å². The van der Waals surface area contributed by atoms with Crippen LogP contribution in [-0.4, -0.2) is 21.9 Å². The Morgan fingerprint density at radius 1 is 1.28 bits per heavy atom. The van der Waals surface area contributed by atoms with Crippen LogP contribution in [0.5, 0.6) is 5.75 Å². The molecule has 0 spiro atoms. The fourth-order valence-electron chi connectivity index (χ4n) is 1.92. The summed E-state index contributed by atoms with van der Waals surface area (Å²) in [6.45, 7) is 4.11. The molecule has 18 heavy (non-hydrogen) atoms. The highest BCUT2D eigenvalue weighted by Gasteiger charge is 2.14. The van der Waals surface area contributed by atoms with Gasteiger partial charge in [-0.25, -0.2) is 9.67 Å². The van der Waals surface area contributed by atoms with Crippen molar-refractivity contribution in [2.24, 2.45) is 0 Å². The van der Waals surface area contributed by atoms with Crippen LogP contribution in [0.4, 0.5) is 5.69 Å². The number of pyridine rings is 1. The summed E-state index contributed by atoms with van der Waals surface area (Å²) < 4.78 is 6.91. The van der Waals surface area contributed by atoms with Crippen molar-refractivity contribution in [2.45, 2.75) is 26.7 Å². The van der Waals surface area contributed by atoms with Gasteiger partial charge in [-0.05, 0) is 25.0 Å². The third kappa shape index (κ3) is 2.03. The van der Waals surface area contributed by atoms with Gasteiger partial charge in [0.25, 0.3) is 0 Å². The van der Waals surface area contributed by atoms with E-state index >= 15 is 0 Å². The average Bonchev–Trinajstić information content (AvgIpc) is 2.75. The van der Waals surface area contributed by atoms with E-state index in [0.717, 1.165) is 41.5 Å². The molecule has 0 bridgehead atoms. The van der Waals surface area contributed by atoms with Crippen LogP contribution in [0.25, 0.3) is 5.82 Å². The number of methoxy groups -OCH3 is 1. The predicted octanol–water partition coefficient (Wildman–Crippen LogP) is 1.98. The second-order valence-electron chi connectivity index (χ2n) is 3.98. The second-order valence-corrected chi connectivity index (χ2v) is 3.98. The molecule has 2 aromatic heterocycles. The molecule has 2 heterocycles. The molecule has 0 radical (unpaired) electrons. The topological polar surface area (TPSA) is 66.0 Å². The summed E-state index contributed by atoms with van der Waals surface area (Å²) >= 11 is 0. The largest absolute Gasteiger partial charge is 0.495 e. The van der Waals surface area contributed by atoms with Crippen LogP contribution in [0.3, 0.4) is 0 Å². The normalized spacial score (nSPS) is 10.6. The molecule has 0 aliphatic heterocycles. The minimum absolute atomic E-state index is 0.729. The number of nitrogens with two attached hydrogens (primary N) is 1. The Labute approximate surface area is 107 Å². The highest BCUT2D eigenvalue weighted by Crippen LogP contribution is 2.22. The van der Waals surface area contributed by atoms with Crippen molar-refractivity contribution in [3.63, 3.8) is 0 Å². The Hall–Kier alpha value is -2.04. The minimum atomic E-state index is 0.729. The lowest BCUT2D eigenvalue weighted by molar-refractivity contribution is 0.412. The number of ether oxygens (including phenoxy) is 1. The van der Waals surface area contributed by atoms with E-state index in [1.54, 1.807) is 13.3 Å². The van der Waals surface area contributed by atoms with Crippen LogP contribution in [0.1, 0.15) is 25.2 Å². The van der Waals surface area contributed by atoms with Crippen molar-refractivity contribution in [1.82, 2.24) is 14.8 Å². The molecule has 2 rings (SSSR count). The van der Waals surface area contributed by atoms with Crippen LogP contribution >= 0.6 is 0 Å². The Morgan fingerprint density at radius 3 is 2.56 bits per heavy atom. The number of nitrogen functional groups attached to an aromatic ring is 1. The van der Waals surface area contributed by atoms with Crippen molar-refractivity contribution < 1.29 is 4.74 Å². The Morgan fingerprint density at radius 2 is 2.06 bits per heavy atom. The number of anilines is 1. The Balaban J connectivity index is 2.48. The van der Waals surface area contributed by atoms with Gasteiger partial charge in [0.2, 0.25) is 0 Å². The number of rotatable bonds is 4. The van der Waals surface area contributed by atoms with E-state index in [4.69, 9.17) is 10.5 Å². The Bertz CT molecular complexity index is 531. The molecule has 0 atom stereocenters. The molecule has 5 heteroatoms. The lowest BCUT2D eigenvalue weighted by Crippen LogP contribution is -2.04. The third-order valence-electron chi connectivity index (χ3n) is 2.94. The summed E-state index contributed by atoms with van der Waals surface area (Å²) in [6.07, 6.45) is 3.33. The predicted molar refractivity (Wildman–Crippen MR) is 71.1 cm³/mol. The highest BCUT2D eigenvalue weighted by molar-refractivity contribution is 5.51. The smallest absolute Gasteiger partial charge is 0.153 e. The molecule has 0 amide bonds. The molecule has 0 aromatic carbocycles. The summed E-state index contributed by atoms with van der Waals surface area (Å²) in [5, 5.41) is 4.51. The maximum atomic E-state index is 6.08. The van der Waals surface area contributed by atoms with Crippen molar-refractivity contribution in [1.29, 1.82) is 0 Å². The van der Waals surface area contributed by atoms with E-state index in [2.05, 4.69) is 17.0 Å². The summed E-state index contributed by atoms with van der Waals surface area (Å²) in [4.78, 5) is 4.34. The van der Waals surface area contributed by atoms with Crippen LogP contribution in [0, 0.1) is 0 Å². The standard InChI is InChI=1S/C13H18N4O/c1-4-10-13(14)11(5-2)17(16-10)12-7-6-9(18-3)8-15-12/h6-8H,4-5,14H2,1-3H3. The van der Waals surface area contributed by atoms with Gasteiger partial charge in [0.15, 0.2) is 5.82 Å².